The molecule has 3 nitrogen and oxygen atoms in total. The first-order valence-corrected chi connectivity index (χ1v) is 7.11. The number of benzene rings is 1. The predicted octanol–water partition coefficient (Wildman–Crippen LogP) is 4.53. The summed E-state index contributed by atoms with van der Waals surface area (Å²) in [4.78, 5) is 0. The zero-order valence-electron chi connectivity index (χ0n) is 13.1. The van der Waals surface area contributed by atoms with Crippen molar-refractivity contribution in [2.24, 2.45) is 5.41 Å². The Hall–Kier alpha value is -2.07. The Morgan fingerprint density at radius 2 is 1.91 bits per heavy atom. The molecule has 0 saturated carbocycles. The lowest BCUT2D eigenvalue weighted by atomic mass is 9.98. The number of ether oxygens (including phenoxy) is 1. The highest BCUT2D eigenvalue weighted by Gasteiger charge is 2.21. The maximum absolute atomic E-state index is 13.0. The van der Waals surface area contributed by atoms with Crippen molar-refractivity contribution in [1.82, 2.24) is 0 Å². The van der Waals surface area contributed by atoms with Crippen molar-refractivity contribution in [3.05, 3.63) is 65.9 Å². The minimum Gasteiger partial charge on any atom is -0.490 e. The smallest absolute Gasteiger partial charge is 0.173 e. The Morgan fingerprint density at radius 1 is 1.27 bits per heavy atom. The molecule has 0 aliphatic rings. The highest BCUT2D eigenvalue weighted by molar-refractivity contribution is 5.57. The summed E-state index contributed by atoms with van der Waals surface area (Å²) in [5.74, 6) is 0.429. The fourth-order valence-electron chi connectivity index (χ4n) is 1.95. The lowest BCUT2D eigenvalue weighted by molar-refractivity contribution is 0.164. The maximum atomic E-state index is 13.0. The van der Waals surface area contributed by atoms with Gasteiger partial charge in [-0.15, -0.1) is 0 Å². The van der Waals surface area contributed by atoms with Crippen LogP contribution in [0.1, 0.15) is 43.8 Å². The number of hydrogen-bond donors (Lipinski definition) is 1. The zero-order chi connectivity index (χ0) is 16.3. The number of halogens is 1. The van der Waals surface area contributed by atoms with Crippen molar-refractivity contribution in [2.45, 2.75) is 26.9 Å². The third kappa shape index (κ3) is 3.98. The average molecular weight is 304 g/mol. The fraction of sp³-hybridized carbons (Fsp3) is 0.333. The Bertz CT molecular complexity index is 635. The Morgan fingerprint density at radius 3 is 2.50 bits per heavy atom. The van der Waals surface area contributed by atoms with Crippen LogP contribution in [0.2, 0.25) is 0 Å². The standard InChI is InChI=1S/C18H21FO3/c1-12(22-11-18(2,3)4)17-15(9-10-21-17)16(20)13-5-7-14(19)8-6-13/h5-10,16,20H,1,11H2,2-4H3. The van der Waals surface area contributed by atoms with E-state index in [-0.39, 0.29) is 11.2 Å². The van der Waals surface area contributed by atoms with Crippen LogP contribution in [0.5, 0.6) is 0 Å². The van der Waals surface area contributed by atoms with Gasteiger partial charge in [0.15, 0.2) is 11.5 Å². The zero-order valence-corrected chi connectivity index (χ0v) is 13.1. The van der Waals surface area contributed by atoms with Gasteiger partial charge >= 0.3 is 0 Å². The van der Waals surface area contributed by atoms with Crippen LogP contribution in [0.15, 0.2) is 47.6 Å². The summed E-state index contributed by atoms with van der Waals surface area (Å²) in [6.45, 7) is 10.5. The quantitative estimate of drug-likeness (QED) is 0.825. The molecule has 0 amide bonds. The van der Waals surface area contributed by atoms with Crippen LogP contribution in [0.25, 0.3) is 5.76 Å². The number of rotatable bonds is 5. The van der Waals surface area contributed by atoms with Crippen LogP contribution in [0.4, 0.5) is 4.39 Å². The molecule has 1 aromatic heterocycles. The van der Waals surface area contributed by atoms with Crippen molar-refractivity contribution in [1.29, 1.82) is 0 Å². The van der Waals surface area contributed by atoms with Gasteiger partial charge in [-0.1, -0.05) is 39.5 Å². The number of aliphatic hydroxyl groups is 1. The van der Waals surface area contributed by atoms with Gasteiger partial charge in [-0.25, -0.2) is 4.39 Å². The van der Waals surface area contributed by atoms with Crippen LogP contribution < -0.4 is 0 Å². The van der Waals surface area contributed by atoms with Crippen molar-refractivity contribution in [3.63, 3.8) is 0 Å². The summed E-state index contributed by atoms with van der Waals surface area (Å²) in [7, 11) is 0. The van der Waals surface area contributed by atoms with E-state index in [9.17, 15) is 9.50 Å². The SMILES string of the molecule is C=C(OCC(C)(C)C)c1occc1C(O)c1ccc(F)cc1. The molecule has 2 aromatic rings. The van der Waals surface area contributed by atoms with Gasteiger partial charge in [0.1, 0.15) is 11.9 Å². The lowest BCUT2D eigenvalue weighted by Gasteiger charge is -2.20. The van der Waals surface area contributed by atoms with Crippen molar-refractivity contribution in [2.75, 3.05) is 6.61 Å². The molecule has 1 heterocycles. The second-order valence-corrected chi connectivity index (χ2v) is 6.43. The summed E-state index contributed by atoms with van der Waals surface area (Å²) in [6.07, 6.45) is 0.549. The first kappa shape index (κ1) is 16.3. The minimum absolute atomic E-state index is 0.00866. The molecule has 22 heavy (non-hydrogen) atoms. The summed E-state index contributed by atoms with van der Waals surface area (Å²) in [6, 6.07) is 7.35. The Balaban J connectivity index is 2.18. The molecule has 0 radical (unpaired) electrons. The highest BCUT2D eigenvalue weighted by atomic mass is 19.1. The van der Waals surface area contributed by atoms with E-state index in [0.717, 1.165) is 0 Å². The van der Waals surface area contributed by atoms with E-state index in [4.69, 9.17) is 9.15 Å². The van der Waals surface area contributed by atoms with Gasteiger partial charge in [0.05, 0.1) is 12.9 Å². The van der Waals surface area contributed by atoms with E-state index in [2.05, 4.69) is 27.4 Å². The van der Waals surface area contributed by atoms with Gasteiger partial charge in [0.25, 0.3) is 0 Å². The van der Waals surface area contributed by atoms with E-state index in [1.807, 2.05) is 0 Å². The molecule has 0 bridgehead atoms. The topological polar surface area (TPSA) is 42.6 Å². The van der Waals surface area contributed by atoms with Gasteiger partial charge in [-0.05, 0) is 29.2 Å². The molecule has 0 fully saturated rings. The third-order valence-electron chi connectivity index (χ3n) is 3.11. The molecule has 1 atom stereocenters. The Labute approximate surface area is 130 Å². The number of aliphatic hydroxyl groups excluding tert-OH is 1. The molecular weight excluding hydrogens is 283 g/mol. The Kier molecular flexibility index (Phi) is 4.71. The van der Waals surface area contributed by atoms with Gasteiger partial charge in [0.2, 0.25) is 0 Å². The van der Waals surface area contributed by atoms with E-state index in [0.29, 0.717) is 29.3 Å². The molecule has 1 N–H and O–H groups in total. The van der Waals surface area contributed by atoms with Crippen LogP contribution in [-0.2, 0) is 4.74 Å². The minimum atomic E-state index is -0.927. The number of furan rings is 1. The van der Waals surface area contributed by atoms with Crippen LogP contribution in [0, 0.1) is 11.2 Å². The molecule has 2 rings (SSSR count). The monoisotopic (exact) mass is 304 g/mol. The van der Waals surface area contributed by atoms with E-state index >= 15 is 0 Å². The molecule has 0 spiro atoms. The van der Waals surface area contributed by atoms with Gasteiger partial charge < -0.3 is 14.3 Å². The van der Waals surface area contributed by atoms with Crippen LogP contribution in [-0.4, -0.2) is 11.7 Å². The largest absolute Gasteiger partial charge is 0.490 e. The van der Waals surface area contributed by atoms with Crippen molar-refractivity contribution >= 4 is 5.76 Å². The predicted molar refractivity (Wildman–Crippen MR) is 83.6 cm³/mol. The first-order chi connectivity index (χ1) is 10.3. The van der Waals surface area contributed by atoms with Gasteiger partial charge in [-0.3, -0.25) is 0 Å². The first-order valence-electron chi connectivity index (χ1n) is 7.11. The van der Waals surface area contributed by atoms with E-state index < -0.39 is 6.10 Å². The average Bonchev–Trinajstić information content (AvgIpc) is 2.93. The van der Waals surface area contributed by atoms with Crippen LogP contribution in [0.3, 0.4) is 0 Å². The fourth-order valence-corrected chi connectivity index (χ4v) is 1.95. The summed E-state index contributed by atoms with van der Waals surface area (Å²) >= 11 is 0. The van der Waals surface area contributed by atoms with E-state index in [1.165, 1.54) is 30.5 Å². The van der Waals surface area contributed by atoms with Crippen molar-refractivity contribution in [3.8, 4) is 0 Å². The molecule has 0 aliphatic carbocycles. The van der Waals surface area contributed by atoms with Gasteiger partial charge in [0, 0.05) is 5.56 Å². The normalized spacial score (nSPS) is 13.0. The highest BCUT2D eigenvalue weighted by Crippen LogP contribution is 2.31. The van der Waals surface area contributed by atoms with Gasteiger partial charge in [-0.2, -0.15) is 0 Å². The van der Waals surface area contributed by atoms with Crippen LogP contribution >= 0.6 is 0 Å². The second-order valence-electron chi connectivity index (χ2n) is 6.43. The molecule has 0 aliphatic heterocycles. The molecule has 1 aromatic carbocycles. The third-order valence-corrected chi connectivity index (χ3v) is 3.11. The molecule has 118 valence electrons. The lowest BCUT2D eigenvalue weighted by Crippen LogP contribution is -2.14. The summed E-state index contributed by atoms with van der Waals surface area (Å²) < 4.78 is 24.0. The van der Waals surface area contributed by atoms with Crippen molar-refractivity contribution < 1.29 is 18.7 Å². The second kappa shape index (κ2) is 6.36. The van der Waals surface area contributed by atoms with E-state index in [1.54, 1.807) is 6.07 Å². The summed E-state index contributed by atoms with van der Waals surface area (Å²) in [5, 5.41) is 10.5. The molecule has 4 heteroatoms. The molecule has 1 unspecified atom stereocenters. The summed E-state index contributed by atoms with van der Waals surface area (Å²) in [5.41, 5.74) is 1.11. The maximum Gasteiger partial charge on any atom is 0.173 e. The molecular formula is C18H21FO3. The molecule has 0 saturated heterocycles. The number of hydrogen-bond acceptors (Lipinski definition) is 3.